The van der Waals surface area contributed by atoms with Crippen molar-refractivity contribution in [3.05, 3.63) is 41.8 Å². The third-order valence-electron chi connectivity index (χ3n) is 4.12. The Hall–Kier alpha value is -2.70. The molecule has 1 aromatic carbocycles. The van der Waals surface area contributed by atoms with Gasteiger partial charge in [0.05, 0.1) is 24.8 Å². The summed E-state index contributed by atoms with van der Waals surface area (Å²) in [5.41, 5.74) is 0.565. The molecule has 0 aliphatic heterocycles. The molecule has 1 aliphatic carbocycles. The average molecular weight is 345 g/mol. The Labute approximate surface area is 145 Å². The fourth-order valence-corrected chi connectivity index (χ4v) is 2.66. The fraction of sp³-hybridized carbons (Fsp3) is 0.389. The molecule has 0 radical (unpaired) electrons. The predicted molar refractivity (Wildman–Crippen MR) is 90.3 cm³/mol. The van der Waals surface area contributed by atoms with E-state index in [1.54, 1.807) is 12.1 Å². The summed E-state index contributed by atoms with van der Waals surface area (Å²) in [7, 11) is 0. The number of halogens is 1. The van der Waals surface area contributed by atoms with Gasteiger partial charge in [0, 0.05) is 0 Å². The molecule has 1 aromatic heterocycles. The van der Waals surface area contributed by atoms with E-state index in [-0.39, 0.29) is 23.6 Å². The first-order valence-electron chi connectivity index (χ1n) is 8.29. The number of nitrogens with zero attached hydrogens (tertiary/aromatic N) is 2. The van der Waals surface area contributed by atoms with Gasteiger partial charge in [-0.05, 0) is 44.4 Å². The highest BCUT2D eigenvalue weighted by Gasteiger charge is 2.51. The summed E-state index contributed by atoms with van der Waals surface area (Å²) in [5.74, 6) is -0.226. The zero-order valence-corrected chi connectivity index (χ0v) is 14.2. The molecule has 1 amide bonds. The molecular weight excluding hydrogens is 325 g/mol. The number of benzene rings is 1. The number of nitrogens with one attached hydrogen (secondary N) is 1. The van der Waals surface area contributed by atoms with Crippen LogP contribution in [-0.4, -0.2) is 29.1 Å². The number of hydrogen-bond donors (Lipinski definition) is 1. The molecule has 1 aliphatic rings. The highest BCUT2D eigenvalue weighted by atomic mass is 19.1. The van der Waals surface area contributed by atoms with Crippen LogP contribution >= 0.6 is 0 Å². The van der Waals surface area contributed by atoms with E-state index in [1.807, 2.05) is 13.8 Å². The standard InChI is InChI=1S/C18H20FN3O3/c1-3-24-15-14(11-20-17(22-15)25-4-2)21-16(23)18(9-10-18)12-5-7-13(19)8-6-12/h5-8,11H,3-4,9-10H2,1-2H3,(H,21,23). The van der Waals surface area contributed by atoms with Crippen LogP contribution in [-0.2, 0) is 10.2 Å². The number of anilines is 1. The van der Waals surface area contributed by atoms with Crippen molar-refractivity contribution in [3.8, 4) is 11.9 Å². The molecule has 0 atom stereocenters. The minimum atomic E-state index is -0.629. The van der Waals surface area contributed by atoms with Crippen molar-refractivity contribution in [1.82, 2.24) is 9.97 Å². The van der Waals surface area contributed by atoms with Gasteiger partial charge in [-0.1, -0.05) is 12.1 Å². The van der Waals surface area contributed by atoms with Crippen molar-refractivity contribution >= 4 is 11.6 Å². The lowest BCUT2D eigenvalue weighted by molar-refractivity contribution is -0.118. The van der Waals surface area contributed by atoms with E-state index < -0.39 is 5.41 Å². The van der Waals surface area contributed by atoms with E-state index in [2.05, 4.69) is 15.3 Å². The molecule has 132 valence electrons. The minimum absolute atomic E-state index is 0.173. The number of carbonyl (C=O) groups excluding carboxylic acids is 1. The van der Waals surface area contributed by atoms with Crippen LogP contribution in [0.5, 0.6) is 11.9 Å². The lowest BCUT2D eigenvalue weighted by atomic mass is 9.95. The van der Waals surface area contributed by atoms with Crippen molar-refractivity contribution in [2.45, 2.75) is 32.1 Å². The molecule has 0 bridgehead atoms. The van der Waals surface area contributed by atoms with E-state index in [1.165, 1.54) is 18.3 Å². The summed E-state index contributed by atoms with van der Waals surface area (Å²) in [6, 6.07) is 6.24. The molecule has 2 aromatic rings. The summed E-state index contributed by atoms with van der Waals surface area (Å²) in [6.07, 6.45) is 2.90. The predicted octanol–water partition coefficient (Wildman–Crippen LogP) is 3.08. The van der Waals surface area contributed by atoms with Gasteiger partial charge in [-0.2, -0.15) is 4.98 Å². The second kappa shape index (κ2) is 7.04. The van der Waals surface area contributed by atoms with Gasteiger partial charge in [0.1, 0.15) is 11.5 Å². The second-order valence-corrected chi connectivity index (χ2v) is 5.78. The van der Waals surface area contributed by atoms with E-state index in [0.717, 1.165) is 5.56 Å². The lowest BCUT2D eigenvalue weighted by Gasteiger charge is -2.17. The molecule has 0 spiro atoms. The summed E-state index contributed by atoms with van der Waals surface area (Å²) < 4.78 is 23.9. The molecule has 1 saturated carbocycles. The smallest absolute Gasteiger partial charge is 0.319 e. The van der Waals surface area contributed by atoms with Gasteiger partial charge in [0.15, 0.2) is 0 Å². The Bertz CT molecular complexity index is 761. The number of hydrogen-bond acceptors (Lipinski definition) is 5. The molecule has 7 heteroatoms. The van der Waals surface area contributed by atoms with Gasteiger partial charge < -0.3 is 14.8 Å². The van der Waals surface area contributed by atoms with Gasteiger partial charge in [-0.25, -0.2) is 9.37 Å². The summed E-state index contributed by atoms with van der Waals surface area (Å²) in [5, 5.41) is 2.84. The van der Waals surface area contributed by atoms with Crippen LogP contribution in [0.1, 0.15) is 32.3 Å². The monoisotopic (exact) mass is 345 g/mol. The molecule has 6 nitrogen and oxygen atoms in total. The highest BCUT2D eigenvalue weighted by molar-refractivity contribution is 6.02. The first-order valence-corrected chi connectivity index (χ1v) is 8.29. The van der Waals surface area contributed by atoms with E-state index in [9.17, 15) is 9.18 Å². The third-order valence-corrected chi connectivity index (χ3v) is 4.12. The maximum Gasteiger partial charge on any atom is 0.319 e. The van der Waals surface area contributed by atoms with Crippen LogP contribution in [0.25, 0.3) is 0 Å². The van der Waals surface area contributed by atoms with Crippen molar-refractivity contribution in [2.24, 2.45) is 0 Å². The summed E-state index contributed by atoms with van der Waals surface area (Å²) in [4.78, 5) is 21.0. The van der Waals surface area contributed by atoms with Gasteiger partial charge in [-0.15, -0.1) is 0 Å². The van der Waals surface area contributed by atoms with Crippen LogP contribution < -0.4 is 14.8 Å². The first-order chi connectivity index (χ1) is 12.1. The molecule has 3 rings (SSSR count). The van der Waals surface area contributed by atoms with Gasteiger partial charge in [-0.3, -0.25) is 4.79 Å². The highest BCUT2D eigenvalue weighted by Crippen LogP contribution is 2.49. The van der Waals surface area contributed by atoms with Crippen LogP contribution in [0.15, 0.2) is 30.5 Å². The second-order valence-electron chi connectivity index (χ2n) is 5.78. The Kier molecular flexibility index (Phi) is 4.83. The van der Waals surface area contributed by atoms with E-state index in [4.69, 9.17) is 9.47 Å². The lowest BCUT2D eigenvalue weighted by Crippen LogP contribution is -2.28. The van der Waals surface area contributed by atoms with Gasteiger partial charge in [0.2, 0.25) is 11.8 Å². The SMILES string of the molecule is CCOc1ncc(NC(=O)C2(c3ccc(F)cc3)CC2)c(OCC)n1. The Morgan fingerprint density at radius 1 is 1.20 bits per heavy atom. The summed E-state index contributed by atoms with van der Waals surface area (Å²) >= 11 is 0. The molecular formula is C18H20FN3O3. The normalized spacial score (nSPS) is 14.7. The molecule has 1 heterocycles. The van der Waals surface area contributed by atoms with Crippen molar-refractivity contribution in [1.29, 1.82) is 0 Å². The van der Waals surface area contributed by atoms with Crippen molar-refractivity contribution < 1.29 is 18.7 Å². The third kappa shape index (κ3) is 3.55. The molecule has 1 fully saturated rings. The van der Waals surface area contributed by atoms with Crippen LogP contribution in [0.2, 0.25) is 0 Å². The van der Waals surface area contributed by atoms with Crippen LogP contribution in [0.4, 0.5) is 10.1 Å². The summed E-state index contributed by atoms with van der Waals surface area (Å²) in [6.45, 7) is 4.49. The van der Waals surface area contributed by atoms with Crippen LogP contribution in [0, 0.1) is 5.82 Å². The number of carbonyl (C=O) groups is 1. The molecule has 1 N–H and O–H groups in total. The maximum absolute atomic E-state index is 13.1. The Morgan fingerprint density at radius 2 is 1.88 bits per heavy atom. The number of aromatic nitrogens is 2. The van der Waals surface area contributed by atoms with Gasteiger partial charge >= 0.3 is 6.01 Å². The Morgan fingerprint density at radius 3 is 2.48 bits per heavy atom. The molecule has 0 unspecified atom stereocenters. The first kappa shape index (κ1) is 17.1. The van der Waals surface area contributed by atoms with Gasteiger partial charge in [0.25, 0.3) is 0 Å². The number of amides is 1. The molecule has 0 saturated heterocycles. The minimum Gasteiger partial charge on any atom is -0.476 e. The average Bonchev–Trinajstić information content (AvgIpc) is 3.40. The van der Waals surface area contributed by atoms with Crippen molar-refractivity contribution in [3.63, 3.8) is 0 Å². The Balaban J connectivity index is 1.81. The quantitative estimate of drug-likeness (QED) is 0.835. The zero-order valence-electron chi connectivity index (χ0n) is 14.2. The van der Waals surface area contributed by atoms with Crippen LogP contribution in [0.3, 0.4) is 0 Å². The topological polar surface area (TPSA) is 73.3 Å². The van der Waals surface area contributed by atoms with Crippen molar-refractivity contribution in [2.75, 3.05) is 18.5 Å². The van der Waals surface area contributed by atoms with E-state index >= 15 is 0 Å². The number of ether oxygens (including phenoxy) is 2. The zero-order chi connectivity index (χ0) is 17.9. The largest absolute Gasteiger partial charge is 0.476 e. The maximum atomic E-state index is 13.1. The number of rotatable bonds is 7. The van der Waals surface area contributed by atoms with E-state index in [0.29, 0.717) is 31.7 Å². The molecule has 25 heavy (non-hydrogen) atoms. The fourth-order valence-electron chi connectivity index (χ4n) is 2.66.